The number of nitrogens with zero attached hydrogens (tertiary/aromatic N) is 5. The summed E-state index contributed by atoms with van der Waals surface area (Å²) in [6, 6.07) is 5.09. The predicted octanol–water partition coefficient (Wildman–Crippen LogP) is 2.38. The van der Waals surface area contributed by atoms with Crippen molar-refractivity contribution in [3.63, 3.8) is 0 Å². The number of aromatic nitrogens is 2. The molecule has 0 aliphatic carbocycles. The van der Waals surface area contributed by atoms with Crippen LogP contribution in [0, 0.1) is 5.92 Å². The molecule has 4 rings (SSSR count). The molecular weight excluding hydrogens is 526 g/mol. The van der Waals surface area contributed by atoms with Crippen molar-refractivity contribution in [3.05, 3.63) is 47.5 Å². The predicted molar refractivity (Wildman–Crippen MR) is 153 cm³/mol. The number of likely N-dealkylation sites (tertiary alicyclic amines) is 1. The molecule has 3 heterocycles. The van der Waals surface area contributed by atoms with E-state index in [-0.39, 0.29) is 31.9 Å². The number of aliphatic carboxylic acids is 1. The van der Waals surface area contributed by atoms with Gasteiger partial charge in [-0.2, -0.15) is 0 Å². The lowest BCUT2D eigenvalue weighted by Crippen LogP contribution is -2.45. The number of aliphatic hydroxyl groups is 1. The second-order valence-electron chi connectivity index (χ2n) is 11.2. The lowest BCUT2D eigenvalue weighted by molar-refractivity contribution is -0.143. The SMILES string of the molecule is CCCCN(CCCN(C)C)C(=O)CN1C[C@H](c2cc(CO)c3c(c2)OCO3)[C@@H](C(=O)O)[C@@H]1CCc1ccncn1. The summed E-state index contributed by atoms with van der Waals surface area (Å²) in [6.45, 7) is 4.73. The quantitative estimate of drug-likeness (QED) is 0.330. The van der Waals surface area contributed by atoms with Crippen LogP contribution in [-0.4, -0.2) is 106 Å². The highest BCUT2D eigenvalue weighted by Crippen LogP contribution is 2.44. The molecule has 0 radical (unpaired) electrons. The fourth-order valence-corrected chi connectivity index (χ4v) is 5.95. The summed E-state index contributed by atoms with van der Waals surface area (Å²) in [6.07, 6.45) is 7.06. The van der Waals surface area contributed by atoms with Gasteiger partial charge in [-0.3, -0.25) is 14.5 Å². The molecule has 0 spiro atoms. The van der Waals surface area contributed by atoms with Gasteiger partial charge in [0.05, 0.1) is 19.1 Å². The molecule has 0 saturated carbocycles. The van der Waals surface area contributed by atoms with E-state index >= 15 is 0 Å². The molecule has 11 heteroatoms. The van der Waals surface area contributed by atoms with Crippen molar-refractivity contribution in [2.75, 3.05) is 53.6 Å². The zero-order valence-electron chi connectivity index (χ0n) is 24.4. The molecule has 41 heavy (non-hydrogen) atoms. The number of benzene rings is 1. The smallest absolute Gasteiger partial charge is 0.308 e. The molecule has 2 aliphatic rings. The van der Waals surface area contributed by atoms with Crippen LogP contribution in [0.2, 0.25) is 0 Å². The van der Waals surface area contributed by atoms with E-state index in [0.717, 1.165) is 37.1 Å². The Morgan fingerprint density at radius 2 is 1.95 bits per heavy atom. The van der Waals surface area contributed by atoms with Gasteiger partial charge in [-0.05, 0) is 70.1 Å². The Labute approximate surface area is 242 Å². The number of carbonyl (C=O) groups excluding carboxylic acids is 1. The van der Waals surface area contributed by atoms with Crippen molar-refractivity contribution in [3.8, 4) is 11.5 Å². The van der Waals surface area contributed by atoms with Crippen LogP contribution < -0.4 is 9.47 Å². The zero-order chi connectivity index (χ0) is 29.4. The number of aliphatic hydroxyl groups excluding tert-OH is 1. The van der Waals surface area contributed by atoms with Crippen LogP contribution in [-0.2, 0) is 22.6 Å². The van der Waals surface area contributed by atoms with E-state index in [1.165, 1.54) is 6.33 Å². The Hall–Kier alpha value is -3.28. The van der Waals surface area contributed by atoms with Gasteiger partial charge in [0.25, 0.3) is 0 Å². The lowest BCUT2D eigenvalue weighted by atomic mass is 9.83. The molecule has 2 N–H and O–H groups in total. The van der Waals surface area contributed by atoms with E-state index in [4.69, 9.17) is 9.47 Å². The molecule has 0 bridgehead atoms. The van der Waals surface area contributed by atoms with Crippen molar-refractivity contribution >= 4 is 11.9 Å². The number of carboxylic acid groups (broad SMARTS) is 1. The Bertz CT molecular complexity index is 1160. The molecule has 224 valence electrons. The van der Waals surface area contributed by atoms with Crippen LogP contribution in [0.1, 0.15) is 55.3 Å². The summed E-state index contributed by atoms with van der Waals surface area (Å²) in [7, 11) is 4.05. The number of unbranched alkanes of at least 4 members (excludes halogenated alkanes) is 1. The third-order valence-electron chi connectivity index (χ3n) is 8.05. The molecule has 3 atom stereocenters. The molecule has 2 aliphatic heterocycles. The third kappa shape index (κ3) is 7.72. The van der Waals surface area contributed by atoms with Crippen LogP contribution >= 0.6 is 0 Å². The number of hydrogen-bond acceptors (Lipinski definition) is 9. The maximum absolute atomic E-state index is 13.7. The fourth-order valence-electron chi connectivity index (χ4n) is 5.95. The first kappa shape index (κ1) is 30.7. The first-order valence-corrected chi connectivity index (χ1v) is 14.5. The largest absolute Gasteiger partial charge is 0.481 e. The average molecular weight is 570 g/mol. The van der Waals surface area contributed by atoms with Crippen molar-refractivity contribution in [1.29, 1.82) is 0 Å². The van der Waals surface area contributed by atoms with Gasteiger partial charge in [0.15, 0.2) is 11.5 Å². The number of rotatable bonds is 15. The molecule has 1 saturated heterocycles. The van der Waals surface area contributed by atoms with E-state index in [1.54, 1.807) is 6.20 Å². The molecule has 11 nitrogen and oxygen atoms in total. The van der Waals surface area contributed by atoms with Gasteiger partial charge >= 0.3 is 5.97 Å². The van der Waals surface area contributed by atoms with E-state index in [9.17, 15) is 19.8 Å². The van der Waals surface area contributed by atoms with Crippen LogP contribution in [0.15, 0.2) is 30.7 Å². The lowest BCUT2D eigenvalue weighted by Gasteiger charge is -2.30. The maximum atomic E-state index is 13.7. The van der Waals surface area contributed by atoms with Crippen LogP contribution in [0.3, 0.4) is 0 Å². The number of amides is 1. The minimum atomic E-state index is -0.908. The molecule has 1 amide bonds. The van der Waals surface area contributed by atoms with Gasteiger partial charge < -0.3 is 29.5 Å². The first-order chi connectivity index (χ1) is 19.8. The van der Waals surface area contributed by atoms with Gasteiger partial charge in [0.1, 0.15) is 6.33 Å². The number of carboxylic acids is 1. The van der Waals surface area contributed by atoms with E-state index in [1.807, 2.05) is 42.1 Å². The Balaban J connectivity index is 1.61. The van der Waals surface area contributed by atoms with Crippen LogP contribution in [0.25, 0.3) is 0 Å². The highest BCUT2D eigenvalue weighted by atomic mass is 16.7. The number of fused-ring (bicyclic) bond motifs is 1. The topological polar surface area (TPSA) is 129 Å². The minimum absolute atomic E-state index is 0.0239. The summed E-state index contributed by atoms with van der Waals surface area (Å²) in [5, 5.41) is 20.5. The molecule has 2 aromatic rings. The first-order valence-electron chi connectivity index (χ1n) is 14.5. The molecule has 1 fully saturated rings. The van der Waals surface area contributed by atoms with E-state index < -0.39 is 17.8 Å². The van der Waals surface area contributed by atoms with Gasteiger partial charge in [-0.1, -0.05) is 13.3 Å². The van der Waals surface area contributed by atoms with Crippen molar-refractivity contribution in [2.45, 2.75) is 57.6 Å². The summed E-state index contributed by atoms with van der Waals surface area (Å²) >= 11 is 0. The van der Waals surface area contributed by atoms with Gasteiger partial charge in [-0.25, -0.2) is 9.97 Å². The van der Waals surface area contributed by atoms with Gasteiger partial charge in [0, 0.05) is 49.0 Å². The van der Waals surface area contributed by atoms with Crippen molar-refractivity contribution in [1.82, 2.24) is 24.7 Å². The normalized spacial score (nSPS) is 20.1. The molecule has 0 unspecified atom stereocenters. The summed E-state index contributed by atoms with van der Waals surface area (Å²) in [5.74, 6) is -1.03. The highest BCUT2D eigenvalue weighted by Gasteiger charge is 2.47. The number of ether oxygens (including phenoxy) is 2. The zero-order valence-corrected chi connectivity index (χ0v) is 24.4. The molecule has 1 aromatic carbocycles. The second kappa shape index (κ2) is 14.6. The minimum Gasteiger partial charge on any atom is -0.481 e. The number of carbonyl (C=O) groups is 2. The van der Waals surface area contributed by atoms with Crippen LogP contribution in [0.5, 0.6) is 11.5 Å². The van der Waals surface area contributed by atoms with Crippen LogP contribution in [0.4, 0.5) is 0 Å². The summed E-state index contributed by atoms with van der Waals surface area (Å²) < 4.78 is 11.1. The second-order valence-corrected chi connectivity index (χ2v) is 11.2. The number of aryl methyl sites for hydroxylation is 1. The molecular formula is C30H43N5O6. The third-order valence-corrected chi connectivity index (χ3v) is 8.05. The summed E-state index contributed by atoms with van der Waals surface area (Å²) in [4.78, 5) is 41.0. The average Bonchev–Trinajstić information content (AvgIpc) is 3.58. The Kier molecular flexibility index (Phi) is 10.9. The van der Waals surface area contributed by atoms with Crippen molar-refractivity contribution in [2.24, 2.45) is 5.92 Å². The van der Waals surface area contributed by atoms with Gasteiger partial charge in [-0.15, -0.1) is 0 Å². The number of hydrogen-bond donors (Lipinski definition) is 2. The Morgan fingerprint density at radius 1 is 1.15 bits per heavy atom. The van der Waals surface area contributed by atoms with E-state index in [2.05, 4.69) is 21.8 Å². The highest BCUT2D eigenvalue weighted by molar-refractivity contribution is 5.79. The summed E-state index contributed by atoms with van der Waals surface area (Å²) in [5.41, 5.74) is 2.16. The van der Waals surface area contributed by atoms with Gasteiger partial charge in [0.2, 0.25) is 12.7 Å². The maximum Gasteiger partial charge on any atom is 0.308 e. The Morgan fingerprint density at radius 3 is 2.63 bits per heavy atom. The van der Waals surface area contributed by atoms with E-state index in [0.29, 0.717) is 49.5 Å². The molecule has 1 aromatic heterocycles. The monoisotopic (exact) mass is 569 g/mol. The van der Waals surface area contributed by atoms with Crippen molar-refractivity contribution < 1.29 is 29.3 Å². The standard InChI is InChI=1S/C30H43N5O6/c1-4-5-12-34(13-6-11-33(2)3)27(37)17-35-16-24(21-14-22(18-36)29-26(15-21)40-20-41-29)28(30(38)39)25(35)8-7-23-9-10-31-19-32-23/h9-10,14-15,19,24-25,28,36H,4-8,11-13,16-18,20H2,1-3H3,(H,38,39)/t24-,25+,28-/m1/s1. The fraction of sp³-hybridized carbons (Fsp3) is 0.600.